The average Bonchev–Trinajstić information content (AvgIpc) is 2.62. The fraction of sp³-hybridized carbons (Fsp3) is 0.333. The molecule has 0 bridgehead atoms. The zero-order chi connectivity index (χ0) is 13.2. The minimum Gasteiger partial charge on any atom is -0.497 e. The Hall–Kier alpha value is -1.76. The van der Waals surface area contributed by atoms with Crippen molar-refractivity contribution in [2.24, 2.45) is 0 Å². The molecule has 1 nitrogen and oxygen atoms in total. The molecule has 98 valence electrons. The van der Waals surface area contributed by atoms with Crippen molar-refractivity contribution in [3.63, 3.8) is 0 Å². The van der Waals surface area contributed by atoms with Crippen LogP contribution in [0, 0.1) is 0 Å². The summed E-state index contributed by atoms with van der Waals surface area (Å²) in [7, 11) is 1.74. The quantitative estimate of drug-likeness (QED) is 0.772. The molecule has 3 rings (SSSR count). The Labute approximate surface area is 115 Å². The molecule has 0 spiro atoms. The molecule has 0 N–H and O–H groups in total. The first kappa shape index (κ1) is 12.3. The number of hydrogen-bond acceptors (Lipinski definition) is 1. The fourth-order valence-corrected chi connectivity index (χ4v) is 3.13. The van der Waals surface area contributed by atoms with Crippen molar-refractivity contribution in [1.82, 2.24) is 0 Å². The van der Waals surface area contributed by atoms with E-state index < -0.39 is 0 Å². The van der Waals surface area contributed by atoms with Crippen LogP contribution in [0.4, 0.5) is 0 Å². The van der Waals surface area contributed by atoms with Gasteiger partial charge in [0, 0.05) is 0 Å². The molecule has 1 atom stereocenters. The second kappa shape index (κ2) is 5.08. The van der Waals surface area contributed by atoms with E-state index in [0.29, 0.717) is 5.92 Å². The van der Waals surface area contributed by atoms with E-state index in [1.54, 1.807) is 7.11 Å². The van der Waals surface area contributed by atoms with E-state index in [2.05, 4.69) is 49.4 Å². The van der Waals surface area contributed by atoms with E-state index in [-0.39, 0.29) is 0 Å². The van der Waals surface area contributed by atoms with E-state index in [0.717, 1.165) is 18.6 Å². The minimum absolute atomic E-state index is 0.644. The maximum absolute atomic E-state index is 5.36. The fourth-order valence-electron chi connectivity index (χ4n) is 3.13. The van der Waals surface area contributed by atoms with E-state index >= 15 is 0 Å². The molecular formula is C18H20O. The molecule has 2 aromatic carbocycles. The molecular weight excluding hydrogens is 232 g/mol. The number of hydrogen-bond donors (Lipinski definition) is 0. The van der Waals surface area contributed by atoms with Crippen molar-refractivity contribution in [3.8, 4) is 5.75 Å². The van der Waals surface area contributed by atoms with Gasteiger partial charge in [-0.3, -0.25) is 0 Å². The topological polar surface area (TPSA) is 9.23 Å². The van der Waals surface area contributed by atoms with Crippen molar-refractivity contribution < 1.29 is 4.74 Å². The molecule has 0 saturated carbocycles. The normalized spacial score (nSPS) is 17.3. The summed E-state index contributed by atoms with van der Waals surface area (Å²) in [6, 6.07) is 15.4. The largest absolute Gasteiger partial charge is 0.497 e. The van der Waals surface area contributed by atoms with Crippen LogP contribution in [-0.2, 0) is 12.8 Å². The second-order valence-corrected chi connectivity index (χ2v) is 5.32. The number of methoxy groups -OCH3 is 1. The highest BCUT2D eigenvalue weighted by atomic mass is 16.5. The zero-order valence-corrected chi connectivity index (χ0v) is 11.6. The van der Waals surface area contributed by atoms with Gasteiger partial charge < -0.3 is 4.74 Å². The Balaban J connectivity index is 2.10. The maximum atomic E-state index is 5.36. The van der Waals surface area contributed by atoms with Gasteiger partial charge in [0.05, 0.1) is 7.11 Å². The molecule has 1 heteroatoms. The number of ether oxygens (including phenoxy) is 1. The van der Waals surface area contributed by atoms with E-state index in [1.165, 1.54) is 28.7 Å². The molecule has 0 saturated heterocycles. The molecule has 0 amide bonds. The highest BCUT2D eigenvalue weighted by Gasteiger charge is 2.20. The van der Waals surface area contributed by atoms with Crippen LogP contribution in [0.2, 0.25) is 0 Å². The Kier molecular flexibility index (Phi) is 3.29. The minimum atomic E-state index is 0.644. The van der Waals surface area contributed by atoms with Crippen LogP contribution in [-0.4, -0.2) is 7.11 Å². The summed E-state index contributed by atoms with van der Waals surface area (Å²) < 4.78 is 5.36. The van der Waals surface area contributed by atoms with Crippen molar-refractivity contribution in [3.05, 3.63) is 64.7 Å². The third-order valence-electron chi connectivity index (χ3n) is 4.25. The summed E-state index contributed by atoms with van der Waals surface area (Å²) in [5, 5.41) is 0. The summed E-state index contributed by atoms with van der Waals surface area (Å²) in [6.45, 7) is 2.29. The highest BCUT2D eigenvalue weighted by Crippen LogP contribution is 2.34. The standard InChI is InChI=1S/C18H20O/c1-3-13-10-14-8-9-17(19-2)12-16(14)11-15-6-4-5-7-18(13)15/h4-9,12-13H,3,10-11H2,1-2H3. The lowest BCUT2D eigenvalue weighted by atomic mass is 9.89. The molecule has 0 heterocycles. The number of rotatable bonds is 2. The van der Waals surface area contributed by atoms with Crippen molar-refractivity contribution >= 4 is 0 Å². The van der Waals surface area contributed by atoms with Gasteiger partial charge in [-0.05, 0) is 59.6 Å². The summed E-state index contributed by atoms with van der Waals surface area (Å²) >= 11 is 0. The van der Waals surface area contributed by atoms with Gasteiger partial charge in [-0.2, -0.15) is 0 Å². The number of fused-ring (bicyclic) bond motifs is 2. The summed E-state index contributed by atoms with van der Waals surface area (Å²) in [6.07, 6.45) is 3.37. The van der Waals surface area contributed by atoms with Crippen LogP contribution in [0.15, 0.2) is 42.5 Å². The van der Waals surface area contributed by atoms with Gasteiger partial charge in [0.2, 0.25) is 0 Å². The Bertz CT molecular complexity index is 586. The lowest BCUT2D eigenvalue weighted by molar-refractivity contribution is 0.414. The first-order valence-corrected chi connectivity index (χ1v) is 7.05. The van der Waals surface area contributed by atoms with E-state index in [1.807, 2.05) is 0 Å². The van der Waals surface area contributed by atoms with Crippen LogP contribution in [0.3, 0.4) is 0 Å². The molecule has 2 aromatic rings. The summed E-state index contributed by atoms with van der Waals surface area (Å²) in [5.74, 6) is 1.61. The summed E-state index contributed by atoms with van der Waals surface area (Å²) in [5.41, 5.74) is 5.90. The predicted molar refractivity (Wildman–Crippen MR) is 79.0 cm³/mol. The van der Waals surface area contributed by atoms with E-state index in [4.69, 9.17) is 4.74 Å². The van der Waals surface area contributed by atoms with Crippen molar-refractivity contribution in [2.45, 2.75) is 32.1 Å². The van der Waals surface area contributed by atoms with Crippen molar-refractivity contribution in [1.29, 1.82) is 0 Å². The molecule has 0 aliphatic heterocycles. The van der Waals surface area contributed by atoms with Gasteiger partial charge in [-0.15, -0.1) is 0 Å². The Morgan fingerprint density at radius 2 is 1.89 bits per heavy atom. The first-order chi connectivity index (χ1) is 9.31. The van der Waals surface area contributed by atoms with Gasteiger partial charge in [0.1, 0.15) is 5.75 Å². The number of benzene rings is 2. The molecule has 1 unspecified atom stereocenters. The molecule has 19 heavy (non-hydrogen) atoms. The van der Waals surface area contributed by atoms with Gasteiger partial charge in [0.25, 0.3) is 0 Å². The lowest BCUT2D eigenvalue weighted by Crippen LogP contribution is -2.01. The lowest BCUT2D eigenvalue weighted by Gasteiger charge is -2.15. The van der Waals surface area contributed by atoms with E-state index in [9.17, 15) is 0 Å². The summed E-state index contributed by atoms with van der Waals surface area (Å²) in [4.78, 5) is 0. The SMILES string of the molecule is CCC1Cc2ccc(OC)cc2Cc2ccccc21. The van der Waals surface area contributed by atoms with Crippen LogP contribution in [0.25, 0.3) is 0 Å². The van der Waals surface area contributed by atoms with Gasteiger partial charge in [-0.25, -0.2) is 0 Å². The Morgan fingerprint density at radius 3 is 2.68 bits per heavy atom. The molecule has 1 aliphatic rings. The van der Waals surface area contributed by atoms with Crippen LogP contribution in [0.5, 0.6) is 5.75 Å². The maximum Gasteiger partial charge on any atom is 0.119 e. The first-order valence-electron chi connectivity index (χ1n) is 7.05. The predicted octanol–water partition coefficient (Wildman–Crippen LogP) is 4.34. The average molecular weight is 252 g/mol. The molecule has 0 radical (unpaired) electrons. The molecule has 0 aromatic heterocycles. The van der Waals surface area contributed by atoms with Gasteiger partial charge in [0.15, 0.2) is 0 Å². The van der Waals surface area contributed by atoms with Crippen molar-refractivity contribution in [2.75, 3.05) is 7.11 Å². The second-order valence-electron chi connectivity index (χ2n) is 5.32. The van der Waals surface area contributed by atoms with Crippen LogP contribution < -0.4 is 4.74 Å². The van der Waals surface area contributed by atoms with Gasteiger partial charge in [-0.1, -0.05) is 37.3 Å². The van der Waals surface area contributed by atoms with Gasteiger partial charge >= 0.3 is 0 Å². The Morgan fingerprint density at radius 1 is 1.05 bits per heavy atom. The smallest absolute Gasteiger partial charge is 0.119 e. The molecule has 1 aliphatic carbocycles. The highest BCUT2D eigenvalue weighted by molar-refractivity contribution is 5.45. The van der Waals surface area contributed by atoms with Crippen LogP contribution in [0.1, 0.15) is 41.5 Å². The zero-order valence-electron chi connectivity index (χ0n) is 11.6. The third kappa shape index (κ3) is 2.25. The monoisotopic (exact) mass is 252 g/mol. The molecule has 0 fully saturated rings. The van der Waals surface area contributed by atoms with Crippen LogP contribution >= 0.6 is 0 Å². The third-order valence-corrected chi connectivity index (χ3v) is 4.25.